The van der Waals surface area contributed by atoms with E-state index in [0.717, 1.165) is 0 Å². The molecule has 174 valence electrons. The number of furan rings is 1. The summed E-state index contributed by atoms with van der Waals surface area (Å²) in [4.78, 5) is 14.1. The summed E-state index contributed by atoms with van der Waals surface area (Å²) in [6.07, 6.45) is 3.10. The Morgan fingerprint density at radius 2 is 2.00 bits per heavy atom. The van der Waals surface area contributed by atoms with E-state index in [-0.39, 0.29) is 17.3 Å². The Balaban J connectivity index is 1.82. The summed E-state index contributed by atoms with van der Waals surface area (Å²) < 4.78 is 40.2. The molecule has 10 heteroatoms. The monoisotopic (exact) mass is 489 g/mol. The van der Waals surface area contributed by atoms with Gasteiger partial charge < -0.3 is 19.4 Å². The minimum atomic E-state index is -3.98. The topological polar surface area (TPSA) is 101 Å². The van der Waals surface area contributed by atoms with Gasteiger partial charge in [0.1, 0.15) is 22.7 Å². The van der Waals surface area contributed by atoms with E-state index in [9.17, 15) is 13.2 Å². The number of halogens is 1. The van der Waals surface area contributed by atoms with Gasteiger partial charge in [0.15, 0.2) is 0 Å². The number of carbonyl (C=O) groups excluding carboxylic acids is 1. The van der Waals surface area contributed by atoms with Crippen molar-refractivity contribution in [1.29, 1.82) is 0 Å². The molecule has 1 amide bonds. The maximum Gasteiger partial charge on any atom is 0.284 e. The zero-order chi connectivity index (χ0) is 24.0. The number of nitrogens with one attached hydrogen (secondary N) is 1. The highest BCUT2D eigenvalue weighted by Crippen LogP contribution is 2.30. The van der Waals surface area contributed by atoms with Gasteiger partial charge in [0, 0.05) is 31.2 Å². The molecule has 8 nitrogen and oxygen atoms in total. The largest absolute Gasteiger partial charge is 0.496 e. The lowest BCUT2D eigenvalue weighted by atomic mass is 10.1. The minimum Gasteiger partial charge on any atom is -0.496 e. The van der Waals surface area contributed by atoms with Crippen molar-refractivity contribution in [3.05, 3.63) is 70.9 Å². The van der Waals surface area contributed by atoms with E-state index < -0.39 is 10.0 Å². The number of amides is 1. The smallest absolute Gasteiger partial charge is 0.284 e. The fraction of sp³-hybridized carbons (Fsp3) is 0.217. The maximum absolute atomic E-state index is 12.9. The molecule has 0 unspecified atom stereocenters. The number of benzene rings is 2. The first-order valence-corrected chi connectivity index (χ1v) is 11.8. The first kappa shape index (κ1) is 24.3. The van der Waals surface area contributed by atoms with Crippen LogP contribution < -0.4 is 10.1 Å². The van der Waals surface area contributed by atoms with Gasteiger partial charge in [-0.2, -0.15) is 8.42 Å². The van der Waals surface area contributed by atoms with E-state index in [2.05, 4.69) is 9.71 Å². The summed E-state index contributed by atoms with van der Waals surface area (Å²) in [5.74, 6) is 0.485. The number of carbonyl (C=O) groups is 1. The minimum absolute atomic E-state index is 0.0240. The van der Waals surface area contributed by atoms with Crippen LogP contribution in [0.25, 0.3) is 11.3 Å². The molecule has 0 radical (unpaired) electrons. The second kappa shape index (κ2) is 10.5. The van der Waals surface area contributed by atoms with Crippen molar-refractivity contribution in [1.82, 2.24) is 10.2 Å². The van der Waals surface area contributed by atoms with Crippen LogP contribution in [0.4, 0.5) is 0 Å². The highest BCUT2D eigenvalue weighted by atomic mass is 35.5. The van der Waals surface area contributed by atoms with Gasteiger partial charge in [-0.15, -0.1) is 4.40 Å². The Bertz CT molecular complexity index is 1260. The molecule has 1 N–H and O–H groups in total. The van der Waals surface area contributed by atoms with Crippen molar-refractivity contribution < 1.29 is 22.4 Å². The van der Waals surface area contributed by atoms with E-state index in [1.807, 2.05) is 0 Å². The molecule has 0 bridgehead atoms. The summed E-state index contributed by atoms with van der Waals surface area (Å²) in [6, 6.07) is 13.2. The van der Waals surface area contributed by atoms with Crippen LogP contribution in [0.1, 0.15) is 15.9 Å². The first-order chi connectivity index (χ1) is 15.7. The van der Waals surface area contributed by atoms with Gasteiger partial charge in [-0.25, -0.2) is 0 Å². The first-order valence-electron chi connectivity index (χ1n) is 9.96. The van der Waals surface area contributed by atoms with Crippen molar-refractivity contribution in [2.24, 2.45) is 4.40 Å². The standard InChI is InChI=1S/C23H24ClN3O5S/c1-27(2)15-26-33(29,30)22-13-16(6-8-18(22)21-5-4-12-32-21)10-11-25-23(28)19-14-17(24)7-9-20(19)31-3/h4-9,12-15H,10-11H2,1-3H3,(H,25,28)/b26-15-. The molecular formula is C23H24ClN3O5S. The van der Waals surface area contributed by atoms with Crippen LogP contribution in [0.15, 0.2) is 68.5 Å². The van der Waals surface area contributed by atoms with Crippen LogP contribution in [0.2, 0.25) is 5.02 Å². The number of ether oxygens (including phenoxy) is 1. The van der Waals surface area contributed by atoms with Crippen molar-refractivity contribution in [2.75, 3.05) is 27.7 Å². The number of hydrogen-bond acceptors (Lipinski definition) is 5. The molecule has 0 aliphatic carbocycles. The van der Waals surface area contributed by atoms with Crippen LogP contribution in [0.5, 0.6) is 5.75 Å². The summed E-state index contributed by atoms with van der Waals surface area (Å²) >= 11 is 6.00. The SMILES string of the molecule is COc1ccc(Cl)cc1C(=O)NCCc1ccc(-c2ccco2)c(S(=O)(=O)/N=C\N(C)C)c1. The van der Waals surface area contributed by atoms with E-state index in [0.29, 0.717) is 39.6 Å². The average molecular weight is 490 g/mol. The Morgan fingerprint density at radius 1 is 1.21 bits per heavy atom. The van der Waals surface area contributed by atoms with E-state index in [4.69, 9.17) is 20.8 Å². The molecule has 1 aromatic heterocycles. The third-order valence-electron chi connectivity index (χ3n) is 4.63. The van der Waals surface area contributed by atoms with Gasteiger partial charge in [-0.3, -0.25) is 4.79 Å². The summed E-state index contributed by atoms with van der Waals surface area (Å²) in [7, 11) is 0.852. The maximum atomic E-state index is 12.9. The lowest BCUT2D eigenvalue weighted by molar-refractivity contribution is 0.0951. The van der Waals surface area contributed by atoms with E-state index in [1.165, 1.54) is 30.7 Å². The number of methoxy groups -OCH3 is 1. The zero-order valence-electron chi connectivity index (χ0n) is 18.4. The van der Waals surface area contributed by atoms with Gasteiger partial charge in [-0.05, 0) is 54.4 Å². The molecule has 33 heavy (non-hydrogen) atoms. The number of nitrogens with zero attached hydrogens (tertiary/aromatic N) is 2. The molecule has 0 aliphatic heterocycles. The van der Waals surface area contributed by atoms with Gasteiger partial charge in [0.2, 0.25) is 0 Å². The normalized spacial score (nSPS) is 11.5. The molecule has 2 aromatic carbocycles. The van der Waals surface area contributed by atoms with Crippen molar-refractivity contribution in [3.63, 3.8) is 0 Å². The van der Waals surface area contributed by atoms with Crippen LogP contribution in [0.3, 0.4) is 0 Å². The Hall–Kier alpha value is -3.30. The van der Waals surface area contributed by atoms with Crippen LogP contribution >= 0.6 is 11.6 Å². The number of rotatable bonds is 9. The average Bonchev–Trinajstić information content (AvgIpc) is 3.32. The summed E-state index contributed by atoms with van der Waals surface area (Å²) in [5.41, 5.74) is 1.44. The van der Waals surface area contributed by atoms with Crippen molar-refractivity contribution in [3.8, 4) is 17.1 Å². The molecule has 3 rings (SSSR count). The molecular weight excluding hydrogens is 466 g/mol. The van der Waals surface area contributed by atoms with E-state index in [1.54, 1.807) is 56.6 Å². The molecule has 3 aromatic rings. The molecule has 0 spiro atoms. The van der Waals surface area contributed by atoms with Crippen LogP contribution in [0, 0.1) is 0 Å². The third kappa shape index (κ3) is 6.15. The number of sulfonamides is 1. The Kier molecular flexibility index (Phi) is 7.78. The predicted molar refractivity (Wildman–Crippen MR) is 128 cm³/mol. The molecule has 0 saturated carbocycles. The molecule has 1 heterocycles. The molecule has 0 atom stereocenters. The lowest BCUT2D eigenvalue weighted by Gasteiger charge is -2.12. The second-order valence-electron chi connectivity index (χ2n) is 7.32. The summed E-state index contributed by atoms with van der Waals surface area (Å²) in [6.45, 7) is 0.273. The quantitative estimate of drug-likeness (QED) is 0.362. The second-order valence-corrected chi connectivity index (χ2v) is 9.36. The van der Waals surface area contributed by atoms with Gasteiger partial charge in [0.25, 0.3) is 15.9 Å². The van der Waals surface area contributed by atoms with Gasteiger partial charge in [-0.1, -0.05) is 17.7 Å². The van der Waals surface area contributed by atoms with Crippen LogP contribution in [-0.2, 0) is 16.4 Å². The molecule has 0 fully saturated rings. The van der Waals surface area contributed by atoms with E-state index >= 15 is 0 Å². The highest BCUT2D eigenvalue weighted by molar-refractivity contribution is 7.90. The van der Waals surface area contributed by atoms with Gasteiger partial charge >= 0.3 is 0 Å². The Labute approximate surface area is 197 Å². The van der Waals surface area contributed by atoms with Crippen molar-refractivity contribution in [2.45, 2.75) is 11.3 Å². The predicted octanol–water partition coefficient (Wildman–Crippen LogP) is 3.86. The Morgan fingerprint density at radius 3 is 2.67 bits per heavy atom. The van der Waals surface area contributed by atoms with Gasteiger partial charge in [0.05, 0.1) is 18.9 Å². The summed E-state index contributed by atoms with van der Waals surface area (Å²) in [5, 5.41) is 3.23. The molecule has 0 aliphatic rings. The van der Waals surface area contributed by atoms with Crippen molar-refractivity contribution >= 4 is 33.9 Å². The number of hydrogen-bond donors (Lipinski definition) is 1. The lowest BCUT2D eigenvalue weighted by Crippen LogP contribution is -2.26. The molecule has 0 saturated heterocycles. The fourth-order valence-corrected chi connectivity index (χ4v) is 4.40. The third-order valence-corrected chi connectivity index (χ3v) is 6.13. The van der Waals surface area contributed by atoms with Crippen LogP contribution in [-0.4, -0.2) is 53.3 Å². The zero-order valence-corrected chi connectivity index (χ0v) is 20.0. The fourth-order valence-electron chi connectivity index (χ4n) is 3.06. The highest BCUT2D eigenvalue weighted by Gasteiger charge is 2.21.